The van der Waals surface area contributed by atoms with Crippen molar-refractivity contribution in [3.05, 3.63) is 88.7 Å². The standard InChI is InChI=1S/C30H35ClN4O3S/c1-22-21-29(23(2)20-27(22)31)39(37,38)34(3)28-7-5-4-6-25(28)8-9-30(36)33-17-10-24-13-18-35(19-14-24)26-11-15-32-16-12-26/h4-9,11-12,15-16,20-21,24H,10,13-14,17-19H2,1-3H3,(H,33,36)/b9-8+. The molecule has 3 aromatic rings. The van der Waals surface area contributed by atoms with Crippen LogP contribution in [0.5, 0.6) is 0 Å². The lowest BCUT2D eigenvalue weighted by molar-refractivity contribution is -0.116. The summed E-state index contributed by atoms with van der Waals surface area (Å²) in [6.45, 7) is 6.12. The van der Waals surface area contributed by atoms with E-state index in [1.807, 2.05) is 30.6 Å². The number of halogens is 1. The van der Waals surface area contributed by atoms with Crippen LogP contribution in [0.2, 0.25) is 5.02 Å². The van der Waals surface area contributed by atoms with E-state index in [4.69, 9.17) is 11.6 Å². The third-order valence-corrected chi connectivity index (χ3v) is 9.60. The number of hydrogen-bond acceptors (Lipinski definition) is 5. The van der Waals surface area contributed by atoms with Gasteiger partial charge in [0.2, 0.25) is 5.91 Å². The van der Waals surface area contributed by atoms with E-state index in [2.05, 4.69) is 15.2 Å². The molecule has 9 heteroatoms. The number of carbonyl (C=O) groups is 1. The Hall–Kier alpha value is -3.36. The summed E-state index contributed by atoms with van der Waals surface area (Å²) in [5, 5.41) is 3.50. The van der Waals surface area contributed by atoms with Crippen LogP contribution < -0.4 is 14.5 Å². The molecule has 0 radical (unpaired) electrons. The zero-order chi connectivity index (χ0) is 28.0. The first kappa shape index (κ1) is 28.6. The van der Waals surface area contributed by atoms with Crippen LogP contribution >= 0.6 is 11.6 Å². The highest BCUT2D eigenvalue weighted by Gasteiger charge is 2.25. The number of hydrogen-bond donors (Lipinski definition) is 1. The van der Waals surface area contributed by atoms with Gasteiger partial charge >= 0.3 is 0 Å². The lowest BCUT2D eigenvalue weighted by Crippen LogP contribution is -2.35. The largest absolute Gasteiger partial charge is 0.371 e. The van der Waals surface area contributed by atoms with Crippen molar-refractivity contribution in [1.82, 2.24) is 10.3 Å². The lowest BCUT2D eigenvalue weighted by Gasteiger charge is -2.33. The van der Waals surface area contributed by atoms with E-state index in [0.717, 1.165) is 32.4 Å². The molecule has 0 spiro atoms. The van der Waals surface area contributed by atoms with Crippen molar-refractivity contribution in [2.75, 3.05) is 35.9 Å². The number of carbonyl (C=O) groups excluding carboxylic acids is 1. The van der Waals surface area contributed by atoms with E-state index in [9.17, 15) is 13.2 Å². The van der Waals surface area contributed by atoms with Gasteiger partial charge in [-0.05, 0) is 92.1 Å². The second-order valence-corrected chi connectivity index (χ2v) is 12.3. The zero-order valence-electron chi connectivity index (χ0n) is 22.6. The first-order valence-corrected chi connectivity index (χ1v) is 14.9. The predicted molar refractivity (Wildman–Crippen MR) is 159 cm³/mol. The second kappa shape index (κ2) is 12.7. The maximum absolute atomic E-state index is 13.5. The Morgan fingerprint density at radius 2 is 1.79 bits per heavy atom. The van der Waals surface area contributed by atoms with Gasteiger partial charge < -0.3 is 10.2 Å². The van der Waals surface area contributed by atoms with E-state index in [0.29, 0.717) is 39.9 Å². The monoisotopic (exact) mass is 566 g/mol. The van der Waals surface area contributed by atoms with Gasteiger partial charge in [0.15, 0.2) is 0 Å². The normalized spacial score (nSPS) is 14.5. The first-order valence-electron chi connectivity index (χ1n) is 13.1. The number of pyridine rings is 1. The average Bonchev–Trinajstić information content (AvgIpc) is 2.94. The summed E-state index contributed by atoms with van der Waals surface area (Å²) < 4.78 is 28.2. The van der Waals surface area contributed by atoms with Crippen molar-refractivity contribution in [3.8, 4) is 0 Å². The number of rotatable bonds is 9. The summed E-state index contributed by atoms with van der Waals surface area (Å²) in [7, 11) is -2.32. The number of aromatic nitrogens is 1. The number of piperidine rings is 1. The number of aryl methyl sites for hydroxylation is 2. The Labute approximate surface area is 236 Å². The molecule has 1 aromatic heterocycles. The van der Waals surface area contributed by atoms with Crippen LogP contribution in [0.15, 0.2) is 71.9 Å². The SMILES string of the molecule is Cc1cc(S(=O)(=O)N(C)c2ccccc2/C=C/C(=O)NCCC2CCN(c3ccncc3)CC2)c(C)cc1Cl. The highest BCUT2D eigenvalue weighted by molar-refractivity contribution is 7.92. The molecular formula is C30H35ClN4O3S. The van der Waals surface area contributed by atoms with Gasteiger partial charge in [-0.1, -0.05) is 29.8 Å². The second-order valence-electron chi connectivity index (χ2n) is 9.95. The van der Waals surface area contributed by atoms with Gasteiger partial charge in [-0.3, -0.25) is 14.1 Å². The third-order valence-electron chi connectivity index (χ3n) is 7.28. The molecule has 1 fully saturated rings. The number of sulfonamides is 1. The molecule has 0 bridgehead atoms. The number of nitrogens with one attached hydrogen (secondary N) is 1. The summed E-state index contributed by atoms with van der Waals surface area (Å²) in [5.41, 5.74) is 3.59. The van der Waals surface area contributed by atoms with Crippen LogP contribution in [0.4, 0.5) is 11.4 Å². The highest BCUT2D eigenvalue weighted by Crippen LogP contribution is 2.30. The fourth-order valence-electron chi connectivity index (χ4n) is 4.88. The van der Waals surface area contributed by atoms with Gasteiger partial charge in [-0.15, -0.1) is 0 Å². The van der Waals surface area contributed by atoms with Crippen LogP contribution in [-0.4, -0.2) is 46.0 Å². The molecule has 1 amide bonds. The molecule has 39 heavy (non-hydrogen) atoms. The topological polar surface area (TPSA) is 82.6 Å². The quantitative estimate of drug-likeness (QED) is 0.340. The average molecular weight is 567 g/mol. The number of amides is 1. The van der Waals surface area contributed by atoms with Crippen molar-refractivity contribution >= 4 is 45.0 Å². The van der Waals surface area contributed by atoms with Gasteiger partial charge in [0, 0.05) is 55.9 Å². The minimum absolute atomic E-state index is 0.200. The van der Waals surface area contributed by atoms with E-state index < -0.39 is 10.0 Å². The molecule has 0 atom stereocenters. The van der Waals surface area contributed by atoms with Crippen LogP contribution in [0, 0.1) is 19.8 Å². The Bertz CT molecular complexity index is 1440. The van der Waals surface area contributed by atoms with Crippen molar-refractivity contribution in [3.63, 3.8) is 0 Å². The number of nitrogens with zero attached hydrogens (tertiary/aromatic N) is 3. The van der Waals surface area contributed by atoms with E-state index in [-0.39, 0.29) is 10.8 Å². The van der Waals surface area contributed by atoms with Crippen LogP contribution in [-0.2, 0) is 14.8 Å². The lowest BCUT2D eigenvalue weighted by atomic mass is 9.93. The summed E-state index contributed by atoms with van der Waals surface area (Å²) in [6.07, 6.45) is 9.88. The first-order chi connectivity index (χ1) is 18.7. The molecule has 2 heterocycles. The zero-order valence-corrected chi connectivity index (χ0v) is 24.2. The van der Waals surface area contributed by atoms with Crippen LogP contribution in [0.1, 0.15) is 36.0 Å². The molecule has 206 valence electrons. The van der Waals surface area contributed by atoms with Gasteiger partial charge in [-0.2, -0.15) is 0 Å². The molecule has 1 saturated heterocycles. The Kier molecular flexibility index (Phi) is 9.30. The van der Waals surface area contributed by atoms with Crippen LogP contribution in [0.25, 0.3) is 6.08 Å². The molecule has 1 aliphatic rings. The minimum Gasteiger partial charge on any atom is -0.371 e. The molecule has 7 nitrogen and oxygen atoms in total. The molecule has 0 unspecified atom stereocenters. The summed E-state index contributed by atoms with van der Waals surface area (Å²) in [5.74, 6) is 0.376. The summed E-state index contributed by atoms with van der Waals surface area (Å²) in [4.78, 5) is 19.2. The maximum Gasteiger partial charge on any atom is 0.264 e. The molecule has 0 saturated carbocycles. The molecule has 2 aromatic carbocycles. The molecule has 1 N–H and O–H groups in total. The number of para-hydroxylation sites is 1. The van der Waals surface area contributed by atoms with Crippen molar-refractivity contribution in [2.24, 2.45) is 5.92 Å². The van der Waals surface area contributed by atoms with E-state index >= 15 is 0 Å². The molecule has 0 aliphatic carbocycles. The summed E-state index contributed by atoms with van der Waals surface area (Å²) >= 11 is 6.18. The van der Waals surface area contributed by atoms with Gasteiger partial charge in [-0.25, -0.2) is 8.42 Å². The fraction of sp³-hybridized carbons (Fsp3) is 0.333. The fourth-order valence-corrected chi connectivity index (χ4v) is 6.61. The van der Waals surface area contributed by atoms with Crippen molar-refractivity contribution in [1.29, 1.82) is 0 Å². The third kappa shape index (κ3) is 6.99. The maximum atomic E-state index is 13.5. The predicted octanol–water partition coefficient (Wildman–Crippen LogP) is 5.61. The van der Waals surface area contributed by atoms with E-state index in [1.54, 1.807) is 50.3 Å². The Morgan fingerprint density at radius 3 is 2.51 bits per heavy atom. The molecule has 4 rings (SSSR count). The van der Waals surface area contributed by atoms with Crippen molar-refractivity contribution in [2.45, 2.75) is 38.0 Å². The Balaban J connectivity index is 1.34. The highest BCUT2D eigenvalue weighted by atomic mass is 35.5. The Morgan fingerprint density at radius 1 is 1.10 bits per heavy atom. The van der Waals surface area contributed by atoms with E-state index in [1.165, 1.54) is 23.1 Å². The van der Waals surface area contributed by atoms with Crippen LogP contribution in [0.3, 0.4) is 0 Å². The number of benzene rings is 2. The minimum atomic E-state index is -3.84. The molecular weight excluding hydrogens is 532 g/mol. The van der Waals surface area contributed by atoms with Gasteiger partial charge in [0.1, 0.15) is 0 Å². The number of anilines is 2. The van der Waals surface area contributed by atoms with Gasteiger partial charge in [0.25, 0.3) is 10.0 Å². The summed E-state index contributed by atoms with van der Waals surface area (Å²) in [6, 6.07) is 14.5. The smallest absolute Gasteiger partial charge is 0.264 e. The van der Waals surface area contributed by atoms with Gasteiger partial charge in [0.05, 0.1) is 10.6 Å². The van der Waals surface area contributed by atoms with Crippen molar-refractivity contribution < 1.29 is 13.2 Å². The molecule has 1 aliphatic heterocycles.